The molecule has 0 amide bonds. The van der Waals surface area contributed by atoms with Crippen molar-refractivity contribution in [1.29, 1.82) is 0 Å². The summed E-state index contributed by atoms with van der Waals surface area (Å²) in [5.41, 5.74) is 7.77. The van der Waals surface area contributed by atoms with Crippen LogP contribution in [0.3, 0.4) is 0 Å². The number of benzene rings is 3. The number of nitrogens with zero attached hydrogens (tertiary/aromatic N) is 1. The van der Waals surface area contributed by atoms with Crippen LogP contribution in [0, 0.1) is 12.8 Å². The molecule has 0 unspecified atom stereocenters. The maximum absolute atomic E-state index is 12.1. The minimum Gasteiger partial charge on any atom is -0.493 e. The molecule has 1 atom stereocenters. The highest BCUT2D eigenvalue weighted by atomic mass is 32.2. The molecule has 45 heavy (non-hydrogen) atoms. The Kier molecular flexibility index (Phi) is 9.26. The van der Waals surface area contributed by atoms with E-state index < -0.39 is 9.84 Å². The quantitative estimate of drug-likeness (QED) is 0.180. The molecule has 0 spiro atoms. The fourth-order valence-corrected chi connectivity index (χ4v) is 7.85. The van der Waals surface area contributed by atoms with Gasteiger partial charge in [0, 0.05) is 12.0 Å². The summed E-state index contributed by atoms with van der Waals surface area (Å²) in [5, 5.41) is 4.13. The van der Waals surface area contributed by atoms with Crippen LogP contribution in [0.1, 0.15) is 65.3 Å². The molecule has 1 saturated heterocycles. The summed E-state index contributed by atoms with van der Waals surface area (Å²) in [6, 6.07) is 22.5. The Morgan fingerprint density at radius 1 is 0.911 bits per heavy atom. The van der Waals surface area contributed by atoms with E-state index in [0.717, 1.165) is 41.9 Å². The summed E-state index contributed by atoms with van der Waals surface area (Å²) >= 11 is 0. The van der Waals surface area contributed by atoms with E-state index in [-0.39, 0.29) is 35.7 Å². The molecule has 1 fully saturated rings. The third-order valence-corrected chi connectivity index (χ3v) is 10.6. The van der Waals surface area contributed by atoms with Gasteiger partial charge in [-0.25, -0.2) is 8.42 Å². The van der Waals surface area contributed by atoms with Crippen LogP contribution in [-0.2, 0) is 38.8 Å². The molecule has 6 rings (SSSR count). The number of methoxy groups -OCH3 is 1. The molecule has 8 nitrogen and oxygen atoms in total. The first-order valence-electron chi connectivity index (χ1n) is 15.6. The topological polar surface area (TPSA) is 105 Å². The molecule has 236 valence electrons. The highest BCUT2D eigenvalue weighted by Crippen LogP contribution is 2.36. The lowest BCUT2D eigenvalue weighted by atomic mass is 9.92. The second kappa shape index (κ2) is 13.5. The van der Waals surface area contributed by atoms with Crippen molar-refractivity contribution in [2.24, 2.45) is 5.92 Å². The highest BCUT2D eigenvalue weighted by Gasteiger charge is 2.25. The van der Waals surface area contributed by atoms with Crippen LogP contribution >= 0.6 is 0 Å². The van der Waals surface area contributed by atoms with Crippen molar-refractivity contribution < 1.29 is 31.9 Å². The van der Waals surface area contributed by atoms with Gasteiger partial charge in [-0.1, -0.05) is 35.5 Å². The third kappa shape index (κ3) is 7.59. The van der Waals surface area contributed by atoms with Crippen LogP contribution in [0.2, 0.25) is 0 Å². The van der Waals surface area contributed by atoms with E-state index in [0.29, 0.717) is 37.5 Å². The minimum absolute atomic E-state index is 0.167. The van der Waals surface area contributed by atoms with Crippen LogP contribution in [0.5, 0.6) is 11.5 Å². The first kappa shape index (κ1) is 30.9. The number of rotatable bonds is 10. The molecule has 3 aromatic carbocycles. The van der Waals surface area contributed by atoms with E-state index in [4.69, 9.17) is 18.7 Å². The molecule has 2 heterocycles. The van der Waals surface area contributed by atoms with Gasteiger partial charge in [-0.3, -0.25) is 4.79 Å². The molecular weight excluding hydrogens is 590 g/mol. The summed E-state index contributed by atoms with van der Waals surface area (Å²) < 4.78 is 46.0. The zero-order chi connectivity index (χ0) is 31.4. The van der Waals surface area contributed by atoms with Crippen molar-refractivity contribution in [2.75, 3.05) is 25.2 Å². The van der Waals surface area contributed by atoms with Crippen LogP contribution < -0.4 is 9.47 Å². The first-order valence-corrected chi connectivity index (χ1v) is 17.4. The lowest BCUT2D eigenvalue weighted by molar-refractivity contribution is -0.140. The van der Waals surface area contributed by atoms with Gasteiger partial charge in [0.1, 0.15) is 33.7 Å². The Morgan fingerprint density at radius 3 is 2.40 bits per heavy atom. The second-order valence-corrected chi connectivity index (χ2v) is 14.4. The molecule has 0 bridgehead atoms. The van der Waals surface area contributed by atoms with E-state index in [1.807, 2.05) is 43.3 Å². The summed E-state index contributed by atoms with van der Waals surface area (Å²) in [7, 11) is -1.49. The van der Waals surface area contributed by atoms with E-state index in [9.17, 15) is 13.2 Å². The lowest BCUT2D eigenvalue weighted by Crippen LogP contribution is -2.26. The summed E-state index contributed by atoms with van der Waals surface area (Å²) in [5.74, 6) is 2.50. The van der Waals surface area contributed by atoms with Crippen molar-refractivity contribution in [3.8, 4) is 22.6 Å². The van der Waals surface area contributed by atoms with Gasteiger partial charge >= 0.3 is 5.97 Å². The van der Waals surface area contributed by atoms with Crippen molar-refractivity contribution in [2.45, 2.75) is 58.0 Å². The van der Waals surface area contributed by atoms with Gasteiger partial charge in [-0.15, -0.1) is 0 Å². The SMILES string of the molecule is COC(=O)C[C@@H](c1ccc(OCc2ccc3c(c2)-c2ccc(OCC4CCS(=O)(=O)CC4)cc2CCC3)cc1)c1cc(C)on1. The molecule has 9 heteroatoms. The number of carbonyl (C=O) groups is 1. The van der Waals surface area contributed by atoms with Crippen LogP contribution in [0.15, 0.2) is 71.3 Å². The van der Waals surface area contributed by atoms with E-state index >= 15 is 0 Å². The predicted molar refractivity (Wildman–Crippen MR) is 171 cm³/mol. The average molecular weight is 630 g/mol. The number of esters is 1. The molecule has 0 radical (unpaired) electrons. The monoisotopic (exact) mass is 629 g/mol. The molecule has 4 aromatic rings. The van der Waals surface area contributed by atoms with Crippen LogP contribution in [0.4, 0.5) is 0 Å². The van der Waals surface area contributed by atoms with Gasteiger partial charge in [-0.2, -0.15) is 0 Å². The number of ether oxygens (including phenoxy) is 3. The summed E-state index contributed by atoms with van der Waals surface area (Å²) in [6.45, 7) is 2.81. The average Bonchev–Trinajstić information content (AvgIpc) is 3.39. The third-order valence-electron chi connectivity index (χ3n) is 8.88. The second-order valence-electron chi connectivity index (χ2n) is 12.1. The van der Waals surface area contributed by atoms with Crippen molar-refractivity contribution in [3.63, 3.8) is 0 Å². The molecule has 1 aromatic heterocycles. The van der Waals surface area contributed by atoms with Gasteiger partial charge in [0.25, 0.3) is 0 Å². The molecule has 0 N–H and O–H groups in total. The molecule has 2 aliphatic rings. The Morgan fingerprint density at radius 2 is 1.67 bits per heavy atom. The Labute approximate surface area is 264 Å². The first-order chi connectivity index (χ1) is 21.8. The molecule has 0 saturated carbocycles. The van der Waals surface area contributed by atoms with E-state index in [2.05, 4.69) is 35.5 Å². The molecule has 1 aliphatic carbocycles. The zero-order valence-electron chi connectivity index (χ0n) is 25.8. The number of hydrogen-bond donors (Lipinski definition) is 0. The Hall–Kier alpha value is -4.11. The number of fused-ring (bicyclic) bond motifs is 3. The highest BCUT2D eigenvalue weighted by molar-refractivity contribution is 7.91. The standard InChI is InChI=1S/C36H39NO7S/c1-24-18-35(37-44-24)34(21-36(38)41-2)28-8-10-30(11-9-28)42-23-26-6-7-27-4-3-5-29-20-31(12-13-32(29)33(27)19-26)43-22-25-14-16-45(39,40)17-15-25/h6-13,18-20,25,34H,3-5,14-17,21-23H2,1-2H3/t34-/m0/s1. The van der Waals surface area contributed by atoms with Crippen LogP contribution in [-0.4, -0.2) is 44.8 Å². The molecule has 1 aliphatic heterocycles. The largest absolute Gasteiger partial charge is 0.493 e. The van der Waals surface area contributed by atoms with Gasteiger partial charge in [0.05, 0.1) is 37.3 Å². The van der Waals surface area contributed by atoms with Gasteiger partial charge in [-0.05, 0) is 109 Å². The normalized spacial score (nSPS) is 16.6. The predicted octanol–water partition coefficient (Wildman–Crippen LogP) is 6.62. The van der Waals surface area contributed by atoms with Crippen molar-refractivity contribution in [3.05, 3.63) is 100 Å². The van der Waals surface area contributed by atoms with Crippen LogP contribution in [0.25, 0.3) is 11.1 Å². The number of carbonyl (C=O) groups excluding carboxylic acids is 1. The Bertz CT molecular complexity index is 1750. The maximum atomic E-state index is 12.1. The number of hydrogen-bond acceptors (Lipinski definition) is 8. The summed E-state index contributed by atoms with van der Waals surface area (Å²) in [6.07, 6.45) is 4.57. The fourth-order valence-electron chi connectivity index (χ4n) is 6.26. The van der Waals surface area contributed by atoms with E-state index in [1.54, 1.807) is 0 Å². The number of aryl methyl sites for hydroxylation is 3. The maximum Gasteiger partial charge on any atom is 0.306 e. The smallest absolute Gasteiger partial charge is 0.306 e. The molecular formula is C36H39NO7S. The van der Waals surface area contributed by atoms with Crippen molar-refractivity contribution in [1.82, 2.24) is 5.16 Å². The number of sulfone groups is 1. The van der Waals surface area contributed by atoms with Crippen molar-refractivity contribution >= 4 is 15.8 Å². The summed E-state index contributed by atoms with van der Waals surface area (Å²) in [4.78, 5) is 12.1. The van der Waals surface area contributed by atoms with Gasteiger partial charge in [0.2, 0.25) is 0 Å². The minimum atomic E-state index is -2.87. The fraction of sp³-hybridized carbons (Fsp3) is 0.389. The van der Waals surface area contributed by atoms with Gasteiger partial charge in [0.15, 0.2) is 0 Å². The van der Waals surface area contributed by atoms with E-state index in [1.165, 1.54) is 29.4 Å². The number of aromatic nitrogens is 1. The Balaban J connectivity index is 1.12. The lowest BCUT2D eigenvalue weighted by Gasteiger charge is -2.22. The van der Waals surface area contributed by atoms with Gasteiger partial charge < -0.3 is 18.7 Å². The zero-order valence-corrected chi connectivity index (χ0v) is 26.6.